The molecule has 0 aliphatic heterocycles. The molecule has 64 heavy (non-hydrogen) atoms. The third-order valence-electron chi connectivity index (χ3n) is 13.4. The van der Waals surface area contributed by atoms with E-state index in [0.29, 0.717) is 0 Å². The van der Waals surface area contributed by atoms with Crippen molar-refractivity contribution in [3.05, 3.63) is 245 Å². The lowest BCUT2D eigenvalue weighted by Gasteiger charge is -2.13. The SMILES string of the molecule is C1=Cc2cc(-c3ccc(CCc4ccc(-n5c6ccc(-c7ccc8c(c7)=CC=8)cc6c6c7ccccc7c7ccccc7c65)cc4)cc3)ccc21.Cc1ccc(-c2ccccc2)cc1. The first-order valence-corrected chi connectivity index (χ1v) is 22.4. The van der Waals surface area contributed by atoms with E-state index in [0.717, 1.165) is 12.8 Å². The maximum Gasteiger partial charge on any atom is 0.0625 e. The predicted molar refractivity (Wildman–Crippen MR) is 274 cm³/mol. The molecule has 1 heterocycles. The van der Waals surface area contributed by atoms with Crippen molar-refractivity contribution < 1.29 is 0 Å². The van der Waals surface area contributed by atoms with Crippen LogP contribution >= 0.6 is 0 Å². The highest BCUT2D eigenvalue weighted by Gasteiger charge is 2.20. The van der Waals surface area contributed by atoms with E-state index in [4.69, 9.17) is 0 Å². The van der Waals surface area contributed by atoms with Gasteiger partial charge in [0.25, 0.3) is 0 Å². The van der Waals surface area contributed by atoms with Gasteiger partial charge in [0, 0.05) is 21.8 Å². The highest BCUT2D eigenvalue weighted by Crippen LogP contribution is 2.43. The van der Waals surface area contributed by atoms with Crippen LogP contribution < -0.4 is 10.4 Å². The Morgan fingerprint density at radius 3 is 1.56 bits per heavy atom. The maximum atomic E-state index is 2.50. The molecule has 0 bridgehead atoms. The molecule has 0 unspecified atom stereocenters. The Hall–Kier alpha value is -8.00. The maximum absolute atomic E-state index is 2.50. The largest absolute Gasteiger partial charge is 0.309 e. The topological polar surface area (TPSA) is 4.93 Å². The second kappa shape index (κ2) is 15.7. The summed E-state index contributed by atoms with van der Waals surface area (Å²) in [6.07, 6.45) is 10.8. The van der Waals surface area contributed by atoms with Crippen molar-refractivity contribution in [2.75, 3.05) is 0 Å². The molecule has 2 aliphatic rings. The lowest BCUT2D eigenvalue weighted by atomic mass is 9.92. The van der Waals surface area contributed by atoms with Crippen molar-refractivity contribution in [2.24, 2.45) is 0 Å². The Morgan fingerprint density at radius 1 is 0.359 bits per heavy atom. The molecule has 13 rings (SSSR count). The van der Waals surface area contributed by atoms with Crippen LogP contribution in [0.25, 0.3) is 107 Å². The summed E-state index contributed by atoms with van der Waals surface area (Å²) in [5, 5.41) is 10.4. The molecule has 0 fully saturated rings. The molecule has 2 aliphatic carbocycles. The molecule has 10 aromatic carbocycles. The van der Waals surface area contributed by atoms with Crippen LogP contribution in [-0.4, -0.2) is 4.57 Å². The van der Waals surface area contributed by atoms with Gasteiger partial charge in [-0.1, -0.05) is 200 Å². The fourth-order valence-corrected chi connectivity index (χ4v) is 9.74. The fourth-order valence-electron chi connectivity index (χ4n) is 9.74. The van der Waals surface area contributed by atoms with Crippen LogP contribution in [0, 0.1) is 6.92 Å². The van der Waals surface area contributed by atoms with E-state index in [9.17, 15) is 0 Å². The Balaban J connectivity index is 0.000000287. The number of fused-ring (bicyclic) bond motifs is 10. The van der Waals surface area contributed by atoms with Gasteiger partial charge in [0.1, 0.15) is 0 Å². The van der Waals surface area contributed by atoms with Crippen LogP contribution in [0.4, 0.5) is 0 Å². The van der Waals surface area contributed by atoms with Gasteiger partial charge in [0.2, 0.25) is 0 Å². The lowest BCUT2D eigenvalue weighted by Crippen LogP contribution is -2.29. The monoisotopic (exact) mass is 815 g/mol. The van der Waals surface area contributed by atoms with Gasteiger partial charge in [-0.25, -0.2) is 0 Å². The van der Waals surface area contributed by atoms with Gasteiger partial charge in [0.05, 0.1) is 11.0 Å². The lowest BCUT2D eigenvalue weighted by molar-refractivity contribution is 0.959. The van der Waals surface area contributed by atoms with Gasteiger partial charge in [-0.05, 0) is 138 Å². The molecule has 0 N–H and O–H groups in total. The van der Waals surface area contributed by atoms with Crippen molar-refractivity contribution in [1.29, 1.82) is 0 Å². The average molecular weight is 816 g/mol. The molecule has 0 saturated carbocycles. The summed E-state index contributed by atoms with van der Waals surface area (Å²) in [5.74, 6) is 0. The molecule has 302 valence electrons. The predicted octanol–water partition coefficient (Wildman–Crippen LogP) is 14.9. The first-order valence-electron chi connectivity index (χ1n) is 22.4. The van der Waals surface area contributed by atoms with Crippen LogP contribution in [-0.2, 0) is 12.8 Å². The van der Waals surface area contributed by atoms with E-state index in [1.165, 1.54) is 121 Å². The van der Waals surface area contributed by atoms with Crippen molar-refractivity contribution >= 4 is 67.7 Å². The number of hydrogen-bond donors (Lipinski definition) is 0. The summed E-state index contributed by atoms with van der Waals surface area (Å²) in [7, 11) is 0. The van der Waals surface area contributed by atoms with E-state index in [-0.39, 0.29) is 0 Å². The summed E-state index contributed by atoms with van der Waals surface area (Å²) in [5.41, 5.74) is 18.0. The summed E-state index contributed by atoms with van der Waals surface area (Å²) in [6.45, 7) is 2.11. The smallest absolute Gasteiger partial charge is 0.0625 e. The van der Waals surface area contributed by atoms with Crippen LogP contribution in [0.3, 0.4) is 0 Å². The van der Waals surface area contributed by atoms with Crippen LogP contribution in [0.2, 0.25) is 0 Å². The second-order valence-electron chi connectivity index (χ2n) is 17.3. The molecular formula is C63H45N. The van der Waals surface area contributed by atoms with Gasteiger partial charge in [0.15, 0.2) is 0 Å². The van der Waals surface area contributed by atoms with Crippen molar-refractivity contribution in [3.8, 4) is 39.1 Å². The van der Waals surface area contributed by atoms with Crippen LogP contribution in [0.5, 0.6) is 0 Å². The minimum Gasteiger partial charge on any atom is -0.309 e. The highest BCUT2D eigenvalue weighted by atomic mass is 15.0. The Morgan fingerprint density at radius 2 is 0.891 bits per heavy atom. The minimum absolute atomic E-state index is 1.00. The Labute approximate surface area is 373 Å². The minimum atomic E-state index is 1.00. The van der Waals surface area contributed by atoms with Gasteiger partial charge >= 0.3 is 0 Å². The van der Waals surface area contributed by atoms with Gasteiger partial charge in [-0.3, -0.25) is 0 Å². The van der Waals surface area contributed by atoms with Crippen LogP contribution in [0.15, 0.2) is 206 Å². The van der Waals surface area contributed by atoms with Crippen molar-refractivity contribution in [1.82, 2.24) is 4.57 Å². The average Bonchev–Trinajstić information content (AvgIpc) is 3.68. The number of aryl methyl sites for hydroxylation is 3. The van der Waals surface area contributed by atoms with Crippen molar-refractivity contribution in [3.63, 3.8) is 0 Å². The van der Waals surface area contributed by atoms with Gasteiger partial charge in [-0.15, -0.1) is 0 Å². The molecule has 0 amide bonds. The second-order valence-corrected chi connectivity index (χ2v) is 17.3. The molecule has 1 aromatic heterocycles. The third-order valence-corrected chi connectivity index (χ3v) is 13.4. The number of hydrogen-bond acceptors (Lipinski definition) is 0. The van der Waals surface area contributed by atoms with E-state index < -0.39 is 0 Å². The first-order chi connectivity index (χ1) is 31.6. The van der Waals surface area contributed by atoms with Gasteiger partial charge in [-0.2, -0.15) is 0 Å². The number of benzene rings is 10. The molecule has 1 heteroatoms. The molecule has 0 radical (unpaired) electrons. The van der Waals surface area contributed by atoms with Gasteiger partial charge < -0.3 is 4.57 Å². The molecule has 0 atom stereocenters. The van der Waals surface area contributed by atoms with Crippen LogP contribution in [0.1, 0.15) is 27.8 Å². The van der Waals surface area contributed by atoms with E-state index >= 15 is 0 Å². The fraction of sp³-hybridized carbons (Fsp3) is 0.0476. The standard InChI is InChI=1S/C50H33N.C13H12/c1-3-7-45-43(5-1)44-6-2-4-8-46(44)50-49(45)47-31-41(40-24-20-36-19-23-39(36)30-40)25-28-48(47)51(50)42-26-13-33(14-27-42)10-9-32-11-15-34(16-12-32)37-21-17-35-18-22-38(35)29-37;1-11-7-9-13(10-8-11)12-5-3-2-4-6-12/h1-8,11-31H,9-10H2;2-10H,1H3. The zero-order chi connectivity index (χ0) is 42.6. The summed E-state index contributed by atoms with van der Waals surface area (Å²) < 4.78 is 2.50. The van der Waals surface area contributed by atoms with E-state index in [1.54, 1.807) is 0 Å². The molecule has 11 aromatic rings. The molecule has 0 spiro atoms. The quantitative estimate of drug-likeness (QED) is 0.141. The third kappa shape index (κ3) is 6.74. The highest BCUT2D eigenvalue weighted by molar-refractivity contribution is 6.32. The molecular weight excluding hydrogens is 771 g/mol. The first kappa shape index (κ1) is 37.7. The molecule has 1 nitrogen and oxygen atoms in total. The summed E-state index contributed by atoms with van der Waals surface area (Å²) in [6, 6.07) is 75.9. The van der Waals surface area contributed by atoms with E-state index in [2.05, 4.69) is 236 Å². The number of nitrogens with zero attached hydrogens (tertiary/aromatic N) is 1. The summed E-state index contributed by atoms with van der Waals surface area (Å²) in [4.78, 5) is 0. The normalized spacial score (nSPS) is 12.1. The summed E-state index contributed by atoms with van der Waals surface area (Å²) >= 11 is 0. The zero-order valence-corrected chi connectivity index (χ0v) is 35.8. The zero-order valence-electron chi connectivity index (χ0n) is 35.8. The Bertz CT molecular complexity index is 3740. The van der Waals surface area contributed by atoms with E-state index in [1.807, 2.05) is 6.07 Å². The van der Waals surface area contributed by atoms with Crippen molar-refractivity contribution in [2.45, 2.75) is 19.8 Å². The number of aromatic nitrogens is 1. The Kier molecular flexibility index (Phi) is 9.27. The molecule has 0 saturated heterocycles. The number of rotatable bonds is 7.